The highest BCUT2D eigenvalue weighted by atomic mass is 16.3. The summed E-state index contributed by atoms with van der Waals surface area (Å²) in [6.45, 7) is 2.56. The molecule has 0 spiro atoms. The van der Waals surface area contributed by atoms with Crippen LogP contribution in [-0.2, 0) is 5.11 Å². The van der Waals surface area contributed by atoms with Gasteiger partial charge in [0.1, 0.15) is 0 Å². The fourth-order valence-corrected chi connectivity index (χ4v) is 0.466. The number of amides is 2. The van der Waals surface area contributed by atoms with Crippen molar-refractivity contribution >= 4 is 6.03 Å². The summed E-state index contributed by atoms with van der Waals surface area (Å²) < 4.78 is 0. The minimum atomic E-state index is -0.264. The van der Waals surface area contributed by atoms with E-state index < -0.39 is 0 Å². The Bertz CT molecular complexity index is 85.7. The van der Waals surface area contributed by atoms with Crippen LogP contribution in [0.25, 0.3) is 0 Å². The van der Waals surface area contributed by atoms with Crippen LogP contribution >= 0.6 is 0 Å². The molecule has 0 aliphatic carbocycles. The van der Waals surface area contributed by atoms with Crippen molar-refractivity contribution in [3.63, 3.8) is 0 Å². The molecule has 0 saturated heterocycles. The number of hydrogen-bond donors (Lipinski definition) is 2. The second-order valence-corrected chi connectivity index (χ2v) is 1.89. The molecule has 2 amide bonds. The minimum absolute atomic E-state index is 0.204. The molecule has 0 unspecified atom stereocenters. The molecule has 0 aliphatic heterocycles. The number of nitrogens with one attached hydrogen (secondary N) is 2. The van der Waals surface area contributed by atoms with Crippen molar-refractivity contribution < 1.29 is 9.90 Å². The lowest BCUT2D eigenvalue weighted by atomic mass is 10.5. The molecule has 4 nitrogen and oxygen atoms in total. The summed E-state index contributed by atoms with van der Waals surface area (Å²) in [7, 11) is 0. The summed E-state index contributed by atoms with van der Waals surface area (Å²) in [6.07, 6.45) is 0.908. The maximum absolute atomic E-state index is 10.6. The van der Waals surface area contributed by atoms with Gasteiger partial charge < -0.3 is 10.6 Å². The van der Waals surface area contributed by atoms with Gasteiger partial charge >= 0.3 is 6.03 Å². The molecule has 0 fully saturated rings. The van der Waals surface area contributed by atoms with E-state index in [4.69, 9.17) is 0 Å². The molecular formula is C6H13N2O2. The number of urea groups is 1. The average molecular weight is 145 g/mol. The van der Waals surface area contributed by atoms with Gasteiger partial charge in [0, 0.05) is 13.1 Å². The van der Waals surface area contributed by atoms with E-state index in [9.17, 15) is 9.90 Å². The van der Waals surface area contributed by atoms with E-state index in [1.54, 1.807) is 0 Å². The predicted molar refractivity (Wildman–Crippen MR) is 37.2 cm³/mol. The van der Waals surface area contributed by atoms with E-state index in [1.165, 1.54) is 0 Å². The van der Waals surface area contributed by atoms with Crippen LogP contribution < -0.4 is 10.6 Å². The molecule has 0 aliphatic rings. The van der Waals surface area contributed by atoms with Crippen molar-refractivity contribution in [2.45, 2.75) is 13.3 Å². The van der Waals surface area contributed by atoms with Crippen LogP contribution in [0.3, 0.4) is 0 Å². The van der Waals surface area contributed by atoms with Crippen LogP contribution in [0.1, 0.15) is 13.3 Å². The van der Waals surface area contributed by atoms with Crippen LogP contribution in [0, 0.1) is 0 Å². The van der Waals surface area contributed by atoms with Crippen molar-refractivity contribution in [1.29, 1.82) is 0 Å². The fraction of sp³-hybridized carbons (Fsp3) is 0.833. The van der Waals surface area contributed by atoms with Gasteiger partial charge in [-0.25, -0.2) is 9.90 Å². The highest BCUT2D eigenvalue weighted by Crippen LogP contribution is 1.69. The predicted octanol–water partition coefficient (Wildman–Crippen LogP) is 0.126. The molecule has 59 valence electrons. The van der Waals surface area contributed by atoms with Crippen molar-refractivity contribution in [1.82, 2.24) is 10.6 Å². The van der Waals surface area contributed by atoms with E-state index in [0.29, 0.717) is 6.54 Å². The Morgan fingerprint density at radius 2 is 1.90 bits per heavy atom. The SMILES string of the molecule is CCCNC(=O)NCC[O]. The van der Waals surface area contributed by atoms with E-state index in [-0.39, 0.29) is 19.2 Å². The minimum Gasteiger partial charge on any atom is -0.338 e. The highest BCUT2D eigenvalue weighted by molar-refractivity contribution is 5.73. The first kappa shape index (κ1) is 9.23. The average Bonchev–Trinajstić information content (AvgIpc) is 1.97. The first-order valence-corrected chi connectivity index (χ1v) is 3.41. The molecular weight excluding hydrogens is 132 g/mol. The maximum atomic E-state index is 10.6. The molecule has 0 aromatic heterocycles. The number of rotatable bonds is 4. The molecule has 0 heterocycles. The maximum Gasteiger partial charge on any atom is 0.314 e. The fourth-order valence-electron chi connectivity index (χ4n) is 0.466. The molecule has 0 atom stereocenters. The molecule has 4 heteroatoms. The van der Waals surface area contributed by atoms with Crippen LogP contribution in [0.15, 0.2) is 0 Å². The standard InChI is InChI=1S/C6H13N2O2/c1-2-3-7-6(10)8-4-5-9/h2-5H2,1H3,(H2,7,8,10). The van der Waals surface area contributed by atoms with Gasteiger partial charge in [0.2, 0.25) is 0 Å². The zero-order valence-corrected chi connectivity index (χ0v) is 6.14. The quantitative estimate of drug-likeness (QED) is 0.580. The van der Waals surface area contributed by atoms with E-state index in [1.807, 2.05) is 6.92 Å². The van der Waals surface area contributed by atoms with E-state index in [0.717, 1.165) is 6.42 Å². The summed E-state index contributed by atoms with van der Waals surface area (Å²) in [5, 5.41) is 14.8. The molecule has 0 aromatic carbocycles. The van der Waals surface area contributed by atoms with E-state index >= 15 is 0 Å². The van der Waals surface area contributed by atoms with Gasteiger partial charge in [0.25, 0.3) is 0 Å². The van der Waals surface area contributed by atoms with Gasteiger partial charge in [0.15, 0.2) is 0 Å². The highest BCUT2D eigenvalue weighted by Gasteiger charge is 1.94. The number of carbonyl (C=O) groups excluding carboxylic acids is 1. The van der Waals surface area contributed by atoms with Crippen molar-refractivity contribution in [2.24, 2.45) is 0 Å². The summed E-state index contributed by atoms with van der Waals surface area (Å²) in [5.41, 5.74) is 0. The normalized spacial score (nSPS) is 9.00. The van der Waals surface area contributed by atoms with Crippen LogP contribution in [0.2, 0.25) is 0 Å². The topological polar surface area (TPSA) is 61.0 Å². The van der Waals surface area contributed by atoms with Gasteiger partial charge in [0.05, 0.1) is 6.61 Å². The molecule has 0 aromatic rings. The van der Waals surface area contributed by atoms with Gasteiger partial charge in [-0.05, 0) is 6.42 Å². The summed E-state index contributed by atoms with van der Waals surface area (Å²) in [4.78, 5) is 10.6. The lowest BCUT2D eigenvalue weighted by molar-refractivity contribution is 0.191. The largest absolute Gasteiger partial charge is 0.338 e. The summed E-state index contributed by atoms with van der Waals surface area (Å²) in [6, 6.07) is -0.252. The smallest absolute Gasteiger partial charge is 0.314 e. The Hall–Kier alpha value is -0.770. The van der Waals surface area contributed by atoms with Crippen molar-refractivity contribution in [3.8, 4) is 0 Å². The first-order valence-electron chi connectivity index (χ1n) is 3.41. The zero-order chi connectivity index (χ0) is 7.82. The lowest BCUT2D eigenvalue weighted by Crippen LogP contribution is -2.37. The molecule has 0 rings (SSSR count). The first-order chi connectivity index (χ1) is 4.81. The van der Waals surface area contributed by atoms with Crippen LogP contribution in [-0.4, -0.2) is 25.7 Å². The third-order valence-corrected chi connectivity index (χ3v) is 0.923. The van der Waals surface area contributed by atoms with Crippen molar-refractivity contribution in [3.05, 3.63) is 0 Å². The third kappa shape index (κ3) is 5.37. The number of carbonyl (C=O) groups is 1. The summed E-state index contributed by atoms with van der Waals surface area (Å²) in [5.74, 6) is 0. The Morgan fingerprint density at radius 3 is 2.40 bits per heavy atom. The second-order valence-electron chi connectivity index (χ2n) is 1.89. The Kier molecular flexibility index (Phi) is 5.86. The molecule has 2 N–H and O–H groups in total. The molecule has 1 radical (unpaired) electrons. The summed E-state index contributed by atoms with van der Waals surface area (Å²) >= 11 is 0. The molecule has 10 heavy (non-hydrogen) atoms. The van der Waals surface area contributed by atoms with Gasteiger partial charge in [-0.1, -0.05) is 6.92 Å². The number of hydrogen-bond acceptors (Lipinski definition) is 1. The Labute approximate surface area is 60.6 Å². The molecule has 0 saturated carbocycles. The van der Waals surface area contributed by atoms with E-state index in [2.05, 4.69) is 10.6 Å². The van der Waals surface area contributed by atoms with Crippen LogP contribution in [0.5, 0.6) is 0 Å². The van der Waals surface area contributed by atoms with Gasteiger partial charge in [-0.3, -0.25) is 0 Å². The lowest BCUT2D eigenvalue weighted by Gasteiger charge is -2.02. The second kappa shape index (κ2) is 6.35. The van der Waals surface area contributed by atoms with Crippen molar-refractivity contribution in [2.75, 3.05) is 19.7 Å². The van der Waals surface area contributed by atoms with Gasteiger partial charge in [-0.15, -0.1) is 0 Å². The van der Waals surface area contributed by atoms with Gasteiger partial charge in [-0.2, -0.15) is 0 Å². The van der Waals surface area contributed by atoms with Crippen LogP contribution in [0.4, 0.5) is 4.79 Å². The monoisotopic (exact) mass is 145 g/mol. The zero-order valence-electron chi connectivity index (χ0n) is 6.14. The molecule has 0 bridgehead atoms. The Balaban J connectivity index is 3.09. The Morgan fingerprint density at radius 1 is 1.30 bits per heavy atom. The third-order valence-electron chi connectivity index (χ3n) is 0.923.